The van der Waals surface area contributed by atoms with Gasteiger partial charge in [0.2, 0.25) is 0 Å². The molecule has 1 heterocycles. The van der Waals surface area contributed by atoms with E-state index < -0.39 is 0 Å². The fraction of sp³-hybridized carbons (Fsp3) is 0.0833. The third kappa shape index (κ3) is 1.59. The van der Waals surface area contributed by atoms with Crippen molar-refractivity contribution in [3.8, 4) is 11.3 Å². The van der Waals surface area contributed by atoms with Gasteiger partial charge in [-0.25, -0.2) is 0 Å². The van der Waals surface area contributed by atoms with Crippen molar-refractivity contribution < 1.29 is 4.79 Å². The van der Waals surface area contributed by atoms with Gasteiger partial charge in [0.25, 0.3) is 0 Å². The van der Waals surface area contributed by atoms with Crippen molar-refractivity contribution in [2.45, 2.75) is 6.92 Å². The van der Waals surface area contributed by atoms with Crippen molar-refractivity contribution >= 4 is 5.78 Å². The molecule has 1 aromatic carbocycles. The van der Waals surface area contributed by atoms with E-state index in [-0.39, 0.29) is 5.78 Å². The summed E-state index contributed by atoms with van der Waals surface area (Å²) in [6.45, 7) is 1.57. The molecule has 0 spiro atoms. The summed E-state index contributed by atoms with van der Waals surface area (Å²) in [7, 11) is 0. The molecule has 0 aliphatic heterocycles. The largest absolute Gasteiger partial charge is 0.360 e. The number of aromatic nitrogens is 1. The first-order valence-electron chi connectivity index (χ1n) is 4.52. The maximum absolute atomic E-state index is 11.1. The summed E-state index contributed by atoms with van der Waals surface area (Å²) in [5.41, 5.74) is 2.81. The highest BCUT2D eigenvalue weighted by molar-refractivity contribution is 5.95. The number of benzene rings is 1. The fourth-order valence-corrected chi connectivity index (χ4v) is 1.38. The first-order chi connectivity index (χ1) is 6.77. The van der Waals surface area contributed by atoms with E-state index in [1.165, 1.54) is 0 Å². The van der Waals surface area contributed by atoms with Crippen LogP contribution in [0, 0.1) is 0 Å². The van der Waals surface area contributed by atoms with E-state index in [9.17, 15) is 4.79 Å². The summed E-state index contributed by atoms with van der Waals surface area (Å²) in [5.74, 6) is 0.0865. The number of nitrogens with one attached hydrogen (secondary N) is 1. The molecule has 0 amide bonds. The summed E-state index contributed by atoms with van der Waals surface area (Å²) < 4.78 is 0. The third-order valence-electron chi connectivity index (χ3n) is 2.17. The second-order valence-corrected chi connectivity index (χ2v) is 3.22. The Morgan fingerprint density at radius 3 is 2.50 bits per heavy atom. The average Bonchev–Trinajstić information content (AvgIpc) is 2.68. The van der Waals surface area contributed by atoms with Crippen LogP contribution in [0.1, 0.15) is 17.3 Å². The maximum atomic E-state index is 11.1. The van der Waals surface area contributed by atoms with Gasteiger partial charge in [0, 0.05) is 17.5 Å². The normalized spacial score (nSPS) is 10.1. The predicted molar refractivity (Wildman–Crippen MR) is 56.2 cm³/mol. The van der Waals surface area contributed by atoms with Gasteiger partial charge in [-0.2, -0.15) is 0 Å². The number of ketones is 1. The van der Waals surface area contributed by atoms with Gasteiger partial charge in [0.05, 0.1) is 0 Å². The van der Waals surface area contributed by atoms with Crippen LogP contribution in [-0.4, -0.2) is 10.8 Å². The average molecular weight is 185 g/mol. The van der Waals surface area contributed by atoms with Crippen LogP contribution in [0.15, 0.2) is 42.6 Å². The number of rotatable bonds is 2. The molecule has 0 saturated heterocycles. The molecule has 0 radical (unpaired) electrons. The van der Waals surface area contributed by atoms with Gasteiger partial charge in [-0.3, -0.25) is 4.79 Å². The lowest BCUT2D eigenvalue weighted by molar-refractivity contribution is 0.101. The van der Waals surface area contributed by atoms with Crippen molar-refractivity contribution in [2.75, 3.05) is 0 Å². The molecule has 0 aliphatic carbocycles. The first kappa shape index (κ1) is 8.75. The fourth-order valence-electron chi connectivity index (χ4n) is 1.38. The predicted octanol–water partition coefficient (Wildman–Crippen LogP) is 2.88. The van der Waals surface area contributed by atoms with E-state index >= 15 is 0 Å². The van der Waals surface area contributed by atoms with Crippen molar-refractivity contribution in [2.24, 2.45) is 0 Å². The third-order valence-corrected chi connectivity index (χ3v) is 2.17. The van der Waals surface area contributed by atoms with Crippen LogP contribution in [0.5, 0.6) is 0 Å². The molecule has 0 fully saturated rings. The smallest absolute Gasteiger partial charge is 0.161 e. The Morgan fingerprint density at radius 2 is 1.93 bits per heavy atom. The molecule has 0 bridgehead atoms. The van der Waals surface area contributed by atoms with Gasteiger partial charge in [-0.05, 0) is 18.6 Å². The molecule has 1 aromatic heterocycles. The van der Waals surface area contributed by atoms with E-state index in [1.807, 2.05) is 36.4 Å². The number of aromatic amines is 1. The van der Waals surface area contributed by atoms with Gasteiger partial charge in [0.1, 0.15) is 0 Å². The Balaban J connectivity index is 2.39. The summed E-state index contributed by atoms with van der Waals surface area (Å²) in [6.07, 6.45) is 1.74. The number of hydrogen-bond donors (Lipinski definition) is 1. The molecule has 14 heavy (non-hydrogen) atoms. The Kier molecular flexibility index (Phi) is 2.19. The van der Waals surface area contributed by atoms with Gasteiger partial charge in [-0.15, -0.1) is 0 Å². The molecular weight excluding hydrogens is 174 g/mol. The van der Waals surface area contributed by atoms with Crippen LogP contribution in [0.2, 0.25) is 0 Å². The molecule has 2 rings (SSSR count). The van der Waals surface area contributed by atoms with Crippen LogP contribution in [0.4, 0.5) is 0 Å². The van der Waals surface area contributed by atoms with Crippen LogP contribution in [0.25, 0.3) is 11.3 Å². The summed E-state index contributed by atoms with van der Waals surface area (Å²) in [4.78, 5) is 14.2. The van der Waals surface area contributed by atoms with Crippen molar-refractivity contribution in [3.63, 3.8) is 0 Å². The number of Topliss-reactive ketones (excluding diaryl/α,β-unsaturated/α-hetero) is 1. The van der Waals surface area contributed by atoms with Gasteiger partial charge in [-0.1, -0.05) is 30.3 Å². The second-order valence-electron chi connectivity index (χ2n) is 3.22. The van der Waals surface area contributed by atoms with E-state index in [1.54, 1.807) is 13.1 Å². The Hall–Kier alpha value is -1.83. The molecule has 1 N–H and O–H groups in total. The van der Waals surface area contributed by atoms with Crippen molar-refractivity contribution in [1.82, 2.24) is 4.98 Å². The molecule has 0 saturated carbocycles. The number of carbonyl (C=O) groups excluding carboxylic acids is 1. The highest BCUT2D eigenvalue weighted by Crippen LogP contribution is 2.18. The summed E-state index contributed by atoms with van der Waals surface area (Å²) >= 11 is 0. The monoisotopic (exact) mass is 185 g/mol. The topological polar surface area (TPSA) is 32.9 Å². The maximum Gasteiger partial charge on any atom is 0.161 e. The summed E-state index contributed by atoms with van der Waals surface area (Å²) in [6, 6.07) is 11.8. The highest BCUT2D eigenvalue weighted by atomic mass is 16.1. The molecule has 2 aromatic rings. The number of hydrogen-bond acceptors (Lipinski definition) is 1. The van der Waals surface area contributed by atoms with Crippen molar-refractivity contribution in [1.29, 1.82) is 0 Å². The van der Waals surface area contributed by atoms with Crippen LogP contribution >= 0.6 is 0 Å². The van der Waals surface area contributed by atoms with E-state index in [0.717, 1.165) is 16.8 Å². The molecule has 2 nitrogen and oxygen atoms in total. The van der Waals surface area contributed by atoms with Crippen LogP contribution in [-0.2, 0) is 0 Å². The molecule has 0 unspecified atom stereocenters. The molecule has 2 heteroatoms. The second kappa shape index (κ2) is 3.50. The Bertz CT molecular complexity index is 442. The van der Waals surface area contributed by atoms with Crippen molar-refractivity contribution in [3.05, 3.63) is 48.2 Å². The Morgan fingerprint density at radius 1 is 1.21 bits per heavy atom. The standard InChI is InChI=1S/C12H11NO/c1-9(14)11-7-12(13-8-11)10-5-3-2-4-6-10/h2-8,13H,1H3. The zero-order chi connectivity index (χ0) is 9.97. The van der Waals surface area contributed by atoms with E-state index in [4.69, 9.17) is 0 Å². The lowest BCUT2D eigenvalue weighted by atomic mass is 10.1. The zero-order valence-electron chi connectivity index (χ0n) is 7.95. The first-order valence-corrected chi connectivity index (χ1v) is 4.52. The van der Waals surface area contributed by atoms with Crippen LogP contribution in [0.3, 0.4) is 0 Å². The van der Waals surface area contributed by atoms with E-state index in [2.05, 4.69) is 4.98 Å². The summed E-state index contributed by atoms with van der Waals surface area (Å²) in [5, 5.41) is 0. The zero-order valence-corrected chi connectivity index (χ0v) is 7.95. The highest BCUT2D eigenvalue weighted by Gasteiger charge is 2.03. The van der Waals surface area contributed by atoms with E-state index in [0.29, 0.717) is 0 Å². The number of carbonyl (C=O) groups is 1. The van der Waals surface area contributed by atoms with Gasteiger partial charge in [0.15, 0.2) is 5.78 Å². The van der Waals surface area contributed by atoms with Gasteiger partial charge < -0.3 is 4.98 Å². The molecule has 0 atom stereocenters. The molecular formula is C12H11NO. The minimum Gasteiger partial charge on any atom is -0.360 e. The lowest BCUT2D eigenvalue weighted by Crippen LogP contribution is -1.86. The minimum absolute atomic E-state index is 0.0865. The minimum atomic E-state index is 0.0865. The molecule has 70 valence electrons. The molecule has 0 aliphatic rings. The Labute approximate surface area is 82.6 Å². The SMILES string of the molecule is CC(=O)c1c[nH]c(-c2ccccc2)c1. The van der Waals surface area contributed by atoms with Crippen LogP contribution < -0.4 is 0 Å². The number of H-pyrrole nitrogens is 1. The quantitative estimate of drug-likeness (QED) is 0.717. The lowest BCUT2D eigenvalue weighted by Gasteiger charge is -1.94. The van der Waals surface area contributed by atoms with Gasteiger partial charge >= 0.3 is 0 Å².